The fraction of sp³-hybridized carbons (Fsp3) is 0.462. The number of anilines is 1. The fourth-order valence-corrected chi connectivity index (χ4v) is 2.87. The lowest BCUT2D eigenvalue weighted by Crippen LogP contribution is -2.22. The van der Waals surface area contributed by atoms with Gasteiger partial charge in [-0.15, -0.1) is 0 Å². The molecule has 1 unspecified atom stereocenters. The number of nitrogen functional groups attached to an aromatic ring is 1. The highest BCUT2D eigenvalue weighted by Gasteiger charge is 2.18. The number of imidazole rings is 1. The van der Waals surface area contributed by atoms with Gasteiger partial charge in [-0.1, -0.05) is 0 Å². The molecular weight excluding hydrogens is 313 g/mol. The molecule has 1 aromatic heterocycles. The van der Waals surface area contributed by atoms with E-state index in [9.17, 15) is 4.39 Å². The van der Waals surface area contributed by atoms with Gasteiger partial charge in [0.2, 0.25) is 5.95 Å². The number of fused-ring (bicyclic) bond motifs is 1. The monoisotopic (exact) mass is 327 g/mol. The first-order valence-corrected chi connectivity index (χ1v) is 7.13. The first-order chi connectivity index (χ1) is 9.15. The number of benzene rings is 1. The number of nitrogens with zero attached hydrogens (tertiary/aromatic N) is 2. The Morgan fingerprint density at radius 3 is 3.11 bits per heavy atom. The van der Waals surface area contributed by atoms with Crippen molar-refractivity contribution in [3.8, 4) is 0 Å². The molecule has 19 heavy (non-hydrogen) atoms. The van der Waals surface area contributed by atoms with Crippen LogP contribution in [0.25, 0.3) is 11.0 Å². The van der Waals surface area contributed by atoms with Crippen LogP contribution >= 0.6 is 15.9 Å². The van der Waals surface area contributed by atoms with Crippen molar-refractivity contribution in [1.29, 1.82) is 0 Å². The molecule has 1 fully saturated rings. The smallest absolute Gasteiger partial charge is 0.201 e. The summed E-state index contributed by atoms with van der Waals surface area (Å²) in [4.78, 5) is 4.22. The van der Waals surface area contributed by atoms with Gasteiger partial charge >= 0.3 is 0 Å². The molecule has 0 saturated carbocycles. The summed E-state index contributed by atoms with van der Waals surface area (Å²) in [5.74, 6) is 0.550. The van der Waals surface area contributed by atoms with Gasteiger partial charge in [-0.25, -0.2) is 9.37 Å². The highest BCUT2D eigenvalue weighted by Crippen LogP contribution is 2.27. The summed E-state index contributed by atoms with van der Waals surface area (Å²) in [5, 5.41) is 0. The van der Waals surface area contributed by atoms with Crippen molar-refractivity contribution in [2.45, 2.75) is 19.4 Å². The molecular formula is C13H15BrFN3O. The number of hydrogen-bond acceptors (Lipinski definition) is 3. The fourth-order valence-electron chi connectivity index (χ4n) is 2.54. The second-order valence-electron chi connectivity index (χ2n) is 4.92. The number of nitrogens with two attached hydrogens (primary N) is 1. The van der Waals surface area contributed by atoms with Gasteiger partial charge in [0.15, 0.2) is 0 Å². The molecule has 4 nitrogen and oxygen atoms in total. The molecule has 2 aromatic rings. The summed E-state index contributed by atoms with van der Waals surface area (Å²) in [6, 6.07) is 3.14. The van der Waals surface area contributed by atoms with Crippen molar-refractivity contribution in [3.63, 3.8) is 0 Å². The van der Waals surface area contributed by atoms with Gasteiger partial charge in [0, 0.05) is 25.1 Å². The molecule has 0 amide bonds. The zero-order valence-electron chi connectivity index (χ0n) is 10.4. The predicted molar refractivity (Wildman–Crippen MR) is 75.3 cm³/mol. The van der Waals surface area contributed by atoms with E-state index in [1.807, 2.05) is 4.57 Å². The number of hydrogen-bond donors (Lipinski definition) is 1. The Hall–Kier alpha value is -1.14. The van der Waals surface area contributed by atoms with Gasteiger partial charge in [0.25, 0.3) is 0 Å². The summed E-state index contributed by atoms with van der Waals surface area (Å²) in [6.07, 6.45) is 2.21. The van der Waals surface area contributed by atoms with Gasteiger partial charge < -0.3 is 15.0 Å². The number of ether oxygens (including phenoxy) is 1. The first-order valence-electron chi connectivity index (χ1n) is 6.33. The van der Waals surface area contributed by atoms with Crippen molar-refractivity contribution >= 4 is 32.9 Å². The number of rotatable bonds is 2. The Labute approximate surface area is 118 Å². The number of halogens is 2. The molecule has 0 radical (unpaired) electrons. The molecule has 0 bridgehead atoms. The van der Waals surface area contributed by atoms with E-state index in [1.165, 1.54) is 6.07 Å². The van der Waals surface area contributed by atoms with Crippen LogP contribution in [0, 0.1) is 11.7 Å². The Morgan fingerprint density at radius 1 is 1.53 bits per heavy atom. The van der Waals surface area contributed by atoms with Crippen LogP contribution in [0.4, 0.5) is 10.3 Å². The molecule has 1 aliphatic rings. The van der Waals surface area contributed by atoms with E-state index in [4.69, 9.17) is 10.5 Å². The third-order valence-electron chi connectivity index (χ3n) is 3.52. The second kappa shape index (κ2) is 5.09. The summed E-state index contributed by atoms with van der Waals surface area (Å²) >= 11 is 3.20. The summed E-state index contributed by atoms with van der Waals surface area (Å²) in [5.41, 5.74) is 7.39. The van der Waals surface area contributed by atoms with Gasteiger partial charge in [-0.2, -0.15) is 0 Å². The van der Waals surface area contributed by atoms with Gasteiger partial charge in [0.05, 0.1) is 22.1 Å². The van der Waals surface area contributed by atoms with E-state index in [1.54, 1.807) is 6.07 Å². The maximum Gasteiger partial charge on any atom is 0.201 e. The average molecular weight is 328 g/mol. The highest BCUT2D eigenvalue weighted by atomic mass is 79.9. The Morgan fingerprint density at radius 2 is 2.37 bits per heavy atom. The van der Waals surface area contributed by atoms with E-state index in [2.05, 4.69) is 20.9 Å². The summed E-state index contributed by atoms with van der Waals surface area (Å²) in [7, 11) is 0. The molecule has 1 aromatic carbocycles. The molecule has 3 rings (SSSR count). The lowest BCUT2D eigenvalue weighted by molar-refractivity contribution is 0.0490. The van der Waals surface area contributed by atoms with Crippen LogP contribution in [0.3, 0.4) is 0 Å². The van der Waals surface area contributed by atoms with Crippen molar-refractivity contribution in [2.24, 2.45) is 5.92 Å². The maximum absolute atomic E-state index is 13.5. The zero-order valence-corrected chi connectivity index (χ0v) is 12.0. The molecule has 0 spiro atoms. The predicted octanol–water partition coefficient (Wildman–Crippen LogP) is 2.95. The molecule has 1 aliphatic heterocycles. The van der Waals surface area contributed by atoms with Crippen LogP contribution in [0.1, 0.15) is 12.8 Å². The third kappa shape index (κ3) is 2.47. The Kier molecular flexibility index (Phi) is 3.45. The van der Waals surface area contributed by atoms with Gasteiger partial charge in [0.1, 0.15) is 5.82 Å². The van der Waals surface area contributed by atoms with Crippen LogP contribution in [-0.2, 0) is 11.3 Å². The summed E-state index contributed by atoms with van der Waals surface area (Å²) in [6.45, 7) is 2.36. The molecule has 2 N–H and O–H groups in total. The van der Waals surface area contributed by atoms with E-state index in [0.717, 1.165) is 38.1 Å². The maximum atomic E-state index is 13.5. The van der Waals surface area contributed by atoms with Crippen molar-refractivity contribution in [3.05, 3.63) is 22.4 Å². The molecule has 1 atom stereocenters. The molecule has 1 saturated heterocycles. The van der Waals surface area contributed by atoms with Crippen molar-refractivity contribution in [1.82, 2.24) is 9.55 Å². The van der Waals surface area contributed by atoms with Crippen LogP contribution < -0.4 is 5.73 Å². The summed E-state index contributed by atoms with van der Waals surface area (Å²) < 4.78 is 21.3. The number of aromatic nitrogens is 2. The first kappa shape index (κ1) is 12.9. The van der Waals surface area contributed by atoms with Crippen LogP contribution in [0.2, 0.25) is 0 Å². The second-order valence-corrected chi connectivity index (χ2v) is 5.77. The quantitative estimate of drug-likeness (QED) is 0.922. The standard InChI is InChI=1S/C13H15BrFN3O/c14-9-4-12-11(5-10(9)15)17-13(16)18(12)6-8-2-1-3-19-7-8/h4-5,8H,1-3,6-7H2,(H2,16,17). The van der Waals surface area contributed by atoms with Gasteiger partial charge in [-0.3, -0.25) is 0 Å². The highest BCUT2D eigenvalue weighted by molar-refractivity contribution is 9.10. The van der Waals surface area contributed by atoms with E-state index >= 15 is 0 Å². The Balaban J connectivity index is 1.97. The molecule has 0 aliphatic carbocycles. The minimum atomic E-state index is -0.321. The average Bonchev–Trinajstić information content (AvgIpc) is 2.68. The van der Waals surface area contributed by atoms with E-state index in [-0.39, 0.29) is 5.82 Å². The third-order valence-corrected chi connectivity index (χ3v) is 4.12. The minimum Gasteiger partial charge on any atom is -0.381 e. The normalized spacial score (nSPS) is 20.0. The van der Waals surface area contributed by atoms with Crippen LogP contribution in [-0.4, -0.2) is 22.8 Å². The topological polar surface area (TPSA) is 53.1 Å². The minimum absolute atomic E-state index is 0.321. The lowest BCUT2D eigenvalue weighted by Gasteiger charge is -2.23. The van der Waals surface area contributed by atoms with Crippen molar-refractivity contribution < 1.29 is 9.13 Å². The molecule has 102 valence electrons. The SMILES string of the molecule is Nc1nc2cc(F)c(Br)cc2n1CC1CCCOC1. The van der Waals surface area contributed by atoms with Gasteiger partial charge in [-0.05, 0) is 34.8 Å². The van der Waals surface area contributed by atoms with Crippen LogP contribution in [0.5, 0.6) is 0 Å². The Bertz CT molecular complexity index is 607. The van der Waals surface area contributed by atoms with Crippen molar-refractivity contribution in [2.75, 3.05) is 18.9 Å². The van der Waals surface area contributed by atoms with E-state index in [0.29, 0.717) is 21.9 Å². The zero-order chi connectivity index (χ0) is 13.4. The lowest BCUT2D eigenvalue weighted by atomic mass is 10.0. The molecule has 6 heteroatoms. The molecule has 2 heterocycles. The largest absolute Gasteiger partial charge is 0.381 e. The van der Waals surface area contributed by atoms with E-state index < -0.39 is 0 Å². The van der Waals surface area contributed by atoms with Crippen LogP contribution in [0.15, 0.2) is 16.6 Å².